The van der Waals surface area contributed by atoms with Crippen molar-refractivity contribution in [2.24, 2.45) is 0 Å². The predicted octanol–water partition coefficient (Wildman–Crippen LogP) is 3.41. The van der Waals surface area contributed by atoms with E-state index >= 15 is 0 Å². The number of hydrogen-bond donors (Lipinski definition) is 1. The van der Waals surface area contributed by atoms with Crippen LogP contribution in [0.1, 0.15) is 45.6 Å². The Morgan fingerprint density at radius 3 is 2.62 bits per heavy atom. The van der Waals surface area contributed by atoms with Crippen LogP contribution in [0.2, 0.25) is 0 Å². The summed E-state index contributed by atoms with van der Waals surface area (Å²) in [6.45, 7) is 7.91. The van der Waals surface area contributed by atoms with Crippen LogP contribution in [0.3, 0.4) is 0 Å². The fourth-order valence-electron chi connectivity index (χ4n) is 1.84. The standard InChI is InChI=1S/C13H18O3/c1-5-8(2)9-6-10(14)12-11(7-9)15-13(3,4)16-12/h6-8,14H,5H2,1-4H3. The monoisotopic (exact) mass is 222 g/mol. The van der Waals surface area contributed by atoms with Crippen molar-refractivity contribution in [1.82, 2.24) is 0 Å². The number of ether oxygens (including phenoxy) is 2. The second-order valence-corrected chi connectivity index (χ2v) is 4.78. The van der Waals surface area contributed by atoms with Gasteiger partial charge in [0, 0.05) is 13.8 Å². The Kier molecular flexibility index (Phi) is 2.49. The van der Waals surface area contributed by atoms with Crippen LogP contribution in [0.4, 0.5) is 0 Å². The molecule has 0 bridgehead atoms. The second kappa shape index (κ2) is 3.58. The summed E-state index contributed by atoms with van der Waals surface area (Å²) in [5.41, 5.74) is 1.08. The molecule has 0 fully saturated rings. The Morgan fingerprint density at radius 1 is 1.31 bits per heavy atom. The molecular formula is C13H18O3. The maximum absolute atomic E-state index is 9.88. The van der Waals surface area contributed by atoms with E-state index in [1.54, 1.807) is 6.07 Å². The van der Waals surface area contributed by atoms with E-state index in [2.05, 4.69) is 13.8 Å². The first kappa shape index (κ1) is 11.1. The van der Waals surface area contributed by atoms with E-state index in [1.807, 2.05) is 19.9 Å². The molecule has 0 aliphatic carbocycles. The van der Waals surface area contributed by atoms with Gasteiger partial charge in [-0.1, -0.05) is 13.8 Å². The Morgan fingerprint density at radius 2 is 2.00 bits per heavy atom. The zero-order valence-corrected chi connectivity index (χ0v) is 10.2. The van der Waals surface area contributed by atoms with E-state index in [0.29, 0.717) is 17.4 Å². The third-order valence-electron chi connectivity index (χ3n) is 2.94. The molecule has 88 valence electrons. The quantitative estimate of drug-likeness (QED) is 0.833. The average molecular weight is 222 g/mol. The summed E-state index contributed by atoms with van der Waals surface area (Å²) < 4.78 is 11.1. The average Bonchev–Trinajstić information content (AvgIpc) is 2.52. The Labute approximate surface area is 96.0 Å². The fraction of sp³-hybridized carbons (Fsp3) is 0.538. The van der Waals surface area contributed by atoms with E-state index < -0.39 is 5.79 Å². The molecule has 0 saturated carbocycles. The Bertz CT molecular complexity index is 410. The lowest BCUT2D eigenvalue weighted by Gasteiger charge is -2.16. The highest BCUT2D eigenvalue weighted by molar-refractivity contribution is 5.55. The van der Waals surface area contributed by atoms with Crippen LogP contribution in [0.25, 0.3) is 0 Å². The SMILES string of the molecule is CCC(C)c1cc(O)c2c(c1)OC(C)(C)O2. The van der Waals surface area contributed by atoms with E-state index in [0.717, 1.165) is 12.0 Å². The molecule has 16 heavy (non-hydrogen) atoms. The van der Waals surface area contributed by atoms with Crippen molar-refractivity contribution in [3.05, 3.63) is 17.7 Å². The molecule has 1 aromatic carbocycles. The molecule has 1 aromatic rings. The van der Waals surface area contributed by atoms with Crippen LogP contribution in [-0.2, 0) is 0 Å². The Balaban J connectivity index is 2.42. The van der Waals surface area contributed by atoms with E-state index in [4.69, 9.17) is 9.47 Å². The lowest BCUT2D eigenvalue weighted by molar-refractivity contribution is -0.0439. The van der Waals surface area contributed by atoms with Crippen molar-refractivity contribution in [2.45, 2.75) is 45.8 Å². The van der Waals surface area contributed by atoms with Gasteiger partial charge in [0.15, 0.2) is 11.5 Å². The van der Waals surface area contributed by atoms with Gasteiger partial charge in [0.2, 0.25) is 11.5 Å². The number of hydrogen-bond acceptors (Lipinski definition) is 3. The largest absolute Gasteiger partial charge is 0.504 e. The van der Waals surface area contributed by atoms with Gasteiger partial charge >= 0.3 is 0 Å². The minimum atomic E-state index is -0.687. The van der Waals surface area contributed by atoms with Gasteiger partial charge in [0.1, 0.15) is 0 Å². The highest BCUT2D eigenvalue weighted by Crippen LogP contribution is 2.47. The summed E-state index contributed by atoms with van der Waals surface area (Å²) in [6, 6.07) is 3.72. The second-order valence-electron chi connectivity index (χ2n) is 4.78. The molecule has 0 spiro atoms. The van der Waals surface area contributed by atoms with Gasteiger partial charge in [-0.05, 0) is 30.0 Å². The molecule has 1 aliphatic rings. The van der Waals surface area contributed by atoms with Gasteiger partial charge in [-0.25, -0.2) is 0 Å². The predicted molar refractivity (Wildman–Crippen MR) is 62.1 cm³/mol. The van der Waals surface area contributed by atoms with Crippen molar-refractivity contribution < 1.29 is 14.6 Å². The lowest BCUT2D eigenvalue weighted by atomic mass is 9.98. The minimum Gasteiger partial charge on any atom is -0.504 e. The molecule has 1 unspecified atom stereocenters. The maximum atomic E-state index is 9.88. The maximum Gasteiger partial charge on any atom is 0.246 e. The molecule has 0 amide bonds. The molecule has 1 heterocycles. The van der Waals surface area contributed by atoms with Crippen LogP contribution >= 0.6 is 0 Å². The van der Waals surface area contributed by atoms with Crippen LogP contribution in [-0.4, -0.2) is 10.9 Å². The van der Waals surface area contributed by atoms with Crippen molar-refractivity contribution >= 4 is 0 Å². The summed E-state index contributed by atoms with van der Waals surface area (Å²) in [6.07, 6.45) is 1.03. The zero-order valence-electron chi connectivity index (χ0n) is 10.2. The number of aromatic hydroxyl groups is 1. The normalized spacial score (nSPS) is 18.5. The molecule has 1 N–H and O–H groups in total. The van der Waals surface area contributed by atoms with Crippen LogP contribution < -0.4 is 9.47 Å². The first-order valence-corrected chi connectivity index (χ1v) is 5.68. The molecule has 0 saturated heterocycles. The summed E-state index contributed by atoms with van der Waals surface area (Å²) >= 11 is 0. The minimum absolute atomic E-state index is 0.165. The third kappa shape index (κ3) is 1.82. The van der Waals surface area contributed by atoms with Crippen LogP contribution in [0.15, 0.2) is 12.1 Å². The molecule has 0 radical (unpaired) electrons. The lowest BCUT2D eigenvalue weighted by Crippen LogP contribution is -2.29. The highest BCUT2D eigenvalue weighted by Gasteiger charge is 2.34. The van der Waals surface area contributed by atoms with Crippen LogP contribution in [0, 0.1) is 0 Å². The summed E-state index contributed by atoms with van der Waals surface area (Å²) in [5.74, 6) is 0.979. The number of fused-ring (bicyclic) bond motifs is 1. The molecule has 3 heteroatoms. The molecule has 1 aliphatic heterocycles. The van der Waals surface area contributed by atoms with Crippen molar-refractivity contribution in [1.29, 1.82) is 0 Å². The highest BCUT2D eigenvalue weighted by atomic mass is 16.7. The topological polar surface area (TPSA) is 38.7 Å². The number of rotatable bonds is 2. The molecule has 3 nitrogen and oxygen atoms in total. The molecule has 1 atom stereocenters. The number of phenolic OH excluding ortho intramolecular Hbond substituents is 1. The van der Waals surface area contributed by atoms with Crippen molar-refractivity contribution in [2.75, 3.05) is 0 Å². The first-order valence-electron chi connectivity index (χ1n) is 5.68. The van der Waals surface area contributed by atoms with Gasteiger partial charge in [-0.3, -0.25) is 0 Å². The van der Waals surface area contributed by atoms with E-state index in [9.17, 15) is 5.11 Å². The smallest absolute Gasteiger partial charge is 0.246 e. The van der Waals surface area contributed by atoms with Crippen LogP contribution in [0.5, 0.6) is 17.2 Å². The summed E-state index contributed by atoms with van der Waals surface area (Å²) in [5, 5.41) is 9.88. The van der Waals surface area contributed by atoms with Gasteiger partial charge < -0.3 is 14.6 Å². The van der Waals surface area contributed by atoms with E-state index in [-0.39, 0.29) is 5.75 Å². The number of phenols is 1. The molecule has 2 rings (SSSR count). The Hall–Kier alpha value is -1.38. The molecular weight excluding hydrogens is 204 g/mol. The third-order valence-corrected chi connectivity index (χ3v) is 2.94. The van der Waals surface area contributed by atoms with E-state index in [1.165, 1.54) is 0 Å². The van der Waals surface area contributed by atoms with Gasteiger partial charge in [-0.2, -0.15) is 0 Å². The first-order chi connectivity index (χ1) is 7.43. The van der Waals surface area contributed by atoms with Gasteiger partial charge in [0.25, 0.3) is 0 Å². The number of benzene rings is 1. The summed E-state index contributed by atoms with van der Waals surface area (Å²) in [4.78, 5) is 0. The fourth-order valence-corrected chi connectivity index (χ4v) is 1.84. The summed E-state index contributed by atoms with van der Waals surface area (Å²) in [7, 11) is 0. The zero-order chi connectivity index (χ0) is 11.9. The van der Waals surface area contributed by atoms with Gasteiger partial charge in [0.05, 0.1) is 0 Å². The van der Waals surface area contributed by atoms with Gasteiger partial charge in [-0.15, -0.1) is 0 Å². The van der Waals surface area contributed by atoms with Crippen molar-refractivity contribution in [3.63, 3.8) is 0 Å². The molecule has 0 aromatic heterocycles. The van der Waals surface area contributed by atoms with Crippen molar-refractivity contribution in [3.8, 4) is 17.2 Å².